The molecule has 0 saturated carbocycles. The van der Waals surface area contributed by atoms with E-state index in [9.17, 15) is 9.59 Å². The standard InChI is InChI=1S/C20H25N2O3/c1-13(7-2-5-12-17(21)20(24)25)18(19(22)23)16-11-6-9-14-8-3-4-10-15(14)16/h3-4,6,8-11,13,17-18H,1-2,5,7,12,21H2,(H2,22,23)(H,24,25). The van der Waals surface area contributed by atoms with Crippen molar-refractivity contribution in [1.82, 2.24) is 0 Å². The molecule has 2 aromatic carbocycles. The topological polar surface area (TPSA) is 106 Å². The van der Waals surface area contributed by atoms with Crippen LogP contribution >= 0.6 is 0 Å². The van der Waals surface area contributed by atoms with E-state index in [0.29, 0.717) is 19.3 Å². The van der Waals surface area contributed by atoms with E-state index in [4.69, 9.17) is 16.6 Å². The second-order valence-electron chi connectivity index (χ2n) is 6.44. The van der Waals surface area contributed by atoms with E-state index >= 15 is 0 Å². The number of amides is 1. The summed E-state index contributed by atoms with van der Waals surface area (Å²) in [6, 6.07) is 12.9. The maximum absolute atomic E-state index is 12.1. The van der Waals surface area contributed by atoms with Crippen molar-refractivity contribution in [3.05, 3.63) is 55.0 Å². The van der Waals surface area contributed by atoms with E-state index in [1.165, 1.54) is 0 Å². The first-order valence-corrected chi connectivity index (χ1v) is 8.50. The first-order valence-electron chi connectivity index (χ1n) is 8.50. The highest BCUT2D eigenvalue weighted by Gasteiger charge is 2.26. The van der Waals surface area contributed by atoms with Gasteiger partial charge in [0.25, 0.3) is 0 Å². The predicted octanol–water partition coefficient (Wildman–Crippen LogP) is 2.83. The van der Waals surface area contributed by atoms with Crippen molar-refractivity contribution in [2.45, 2.75) is 37.6 Å². The molecule has 0 aliphatic heterocycles. The summed E-state index contributed by atoms with van der Waals surface area (Å²) in [7, 11) is 0. The maximum Gasteiger partial charge on any atom is 0.320 e. The number of hydrogen-bond donors (Lipinski definition) is 3. The van der Waals surface area contributed by atoms with Crippen LogP contribution in [-0.2, 0) is 9.59 Å². The van der Waals surface area contributed by atoms with E-state index in [1.54, 1.807) is 0 Å². The van der Waals surface area contributed by atoms with Gasteiger partial charge < -0.3 is 16.6 Å². The number of unbranched alkanes of at least 4 members (excludes halogenated alkanes) is 1. The van der Waals surface area contributed by atoms with Crippen LogP contribution in [0.15, 0.2) is 42.5 Å². The average Bonchev–Trinajstić information content (AvgIpc) is 2.58. The van der Waals surface area contributed by atoms with Crippen LogP contribution in [0.25, 0.3) is 10.8 Å². The van der Waals surface area contributed by atoms with E-state index < -0.39 is 23.8 Å². The van der Waals surface area contributed by atoms with Gasteiger partial charge in [0.2, 0.25) is 5.91 Å². The number of fused-ring (bicyclic) bond motifs is 1. The van der Waals surface area contributed by atoms with Gasteiger partial charge in [0.1, 0.15) is 6.04 Å². The van der Waals surface area contributed by atoms with E-state index in [-0.39, 0.29) is 5.92 Å². The van der Waals surface area contributed by atoms with Gasteiger partial charge in [-0.1, -0.05) is 55.3 Å². The molecular weight excluding hydrogens is 316 g/mol. The molecule has 0 aromatic heterocycles. The molecular formula is C20H25N2O3. The lowest BCUT2D eigenvalue weighted by Gasteiger charge is -2.23. The SMILES string of the molecule is [CH2]C(CCCCC(N)C(=O)O)C(C(N)=O)c1cccc2ccccc12. The zero-order valence-corrected chi connectivity index (χ0v) is 14.2. The van der Waals surface area contributed by atoms with Crippen molar-refractivity contribution >= 4 is 22.6 Å². The Hall–Kier alpha value is -2.40. The molecule has 0 saturated heterocycles. The lowest BCUT2D eigenvalue weighted by Crippen LogP contribution is -2.30. The smallest absolute Gasteiger partial charge is 0.320 e. The number of nitrogens with two attached hydrogens (primary N) is 2. The quantitative estimate of drug-likeness (QED) is 0.610. The number of rotatable bonds is 9. The van der Waals surface area contributed by atoms with Crippen LogP contribution in [0.3, 0.4) is 0 Å². The van der Waals surface area contributed by atoms with Crippen LogP contribution in [0.4, 0.5) is 0 Å². The third-order valence-electron chi connectivity index (χ3n) is 4.59. The molecule has 1 amide bonds. The molecule has 0 spiro atoms. The highest BCUT2D eigenvalue weighted by Crippen LogP contribution is 2.33. The first-order chi connectivity index (χ1) is 11.9. The van der Waals surface area contributed by atoms with Crippen molar-refractivity contribution in [3.63, 3.8) is 0 Å². The lowest BCUT2D eigenvalue weighted by molar-refractivity contribution is -0.138. The van der Waals surface area contributed by atoms with E-state index in [2.05, 4.69) is 6.92 Å². The van der Waals surface area contributed by atoms with Crippen molar-refractivity contribution in [2.75, 3.05) is 0 Å². The van der Waals surface area contributed by atoms with Crippen molar-refractivity contribution in [1.29, 1.82) is 0 Å². The summed E-state index contributed by atoms with van der Waals surface area (Å²) in [6.45, 7) is 4.15. The van der Waals surface area contributed by atoms with Crippen LogP contribution in [0.5, 0.6) is 0 Å². The number of benzene rings is 2. The Labute approximate surface area is 148 Å². The molecule has 25 heavy (non-hydrogen) atoms. The fraction of sp³-hybridized carbons (Fsp3) is 0.350. The molecule has 2 aromatic rings. The largest absolute Gasteiger partial charge is 0.480 e. The molecule has 3 unspecified atom stereocenters. The number of hydrogen-bond acceptors (Lipinski definition) is 3. The fourth-order valence-electron chi connectivity index (χ4n) is 3.22. The van der Waals surface area contributed by atoms with Crippen molar-refractivity contribution in [3.8, 4) is 0 Å². The molecule has 0 aliphatic rings. The fourth-order valence-corrected chi connectivity index (χ4v) is 3.22. The minimum Gasteiger partial charge on any atom is -0.480 e. The predicted molar refractivity (Wildman–Crippen MR) is 98.8 cm³/mol. The van der Waals surface area contributed by atoms with Crippen LogP contribution in [0, 0.1) is 12.8 Å². The van der Waals surface area contributed by atoms with E-state index in [1.807, 2.05) is 42.5 Å². The van der Waals surface area contributed by atoms with Crippen LogP contribution in [0.1, 0.15) is 37.2 Å². The Kier molecular flexibility index (Phi) is 6.53. The molecule has 5 heteroatoms. The normalized spacial score (nSPS) is 14.8. The molecule has 2 rings (SSSR count). The number of aliphatic carboxylic acids is 1. The number of carbonyl (C=O) groups excluding carboxylic acids is 1. The highest BCUT2D eigenvalue weighted by atomic mass is 16.4. The van der Waals surface area contributed by atoms with Crippen molar-refractivity contribution < 1.29 is 14.7 Å². The summed E-state index contributed by atoms with van der Waals surface area (Å²) in [5.41, 5.74) is 12.1. The molecule has 0 fully saturated rings. The highest BCUT2D eigenvalue weighted by molar-refractivity contribution is 5.92. The Bertz CT molecular complexity index is 739. The number of carboxylic acids is 1. The zero-order valence-electron chi connectivity index (χ0n) is 14.2. The van der Waals surface area contributed by atoms with Gasteiger partial charge in [-0.25, -0.2) is 0 Å². The van der Waals surface area contributed by atoms with E-state index in [0.717, 1.165) is 22.8 Å². The third kappa shape index (κ3) is 4.79. The molecule has 0 heterocycles. The monoisotopic (exact) mass is 341 g/mol. The second-order valence-corrected chi connectivity index (χ2v) is 6.44. The molecule has 5 N–H and O–H groups in total. The van der Waals surface area contributed by atoms with Crippen LogP contribution < -0.4 is 11.5 Å². The van der Waals surface area contributed by atoms with Crippen molar-refractivity contribution in [2.24, 2.45) is 17.4 Å². The number of carbonyl (C=O) groups is 2. The zero-order chi connectivity index (χ0) is 18.4. The molecule has 0 bridgehead atoms. The van der Waals surface area contributed by atoms with Gasteiger partial charge in [0, 0.05) is 0 Å². The minimum absolute atomic E-state index is 0.177. The maximum atomic E-state index is 12.1. The van der Waals surface area contributed by atoms with Crippen LogP contribution in [-0.4, -0.2) is 23.0 Å². The first kappa shape index (κ1) is 18.9. The molecule has 3 atom stereocenters. The Balaban J connectivity index is 2.09. The van der Waals surface area contributed by atoms with Gasteiger partial charge in [-0.05, 0) is 42.0 Å². The second kappa shape index (κ2) is 8.62. The molecule has 0 aliphatic carbocycles. The van der Waals surface area contributed by atoms with Gasteiger partial charge in [0.05, 0.1) is 5.92 Å². The summed E-state index contributed by atoms with van der Waals surface area (Å²) in [4.78, 5) is 22.8. The Morgan fingerprint density at radius 3 is 2.36 bits per heavy atom. The summed E-state index contributed by atoms with van der Waals surface area (Å²) in [5, 5.41) is 10.9. The molecule has 5 nitrogen and oxygen atoms in total. The minimum atomic E-state index is -0.989. The summed E-state index contributed by atoms with van der Waals surface area (Å²) in [6.07, 6.45) is 2.53. The molecule has 133 valence electrons. The van der Waals surface area contributed by atoms with Gasteiger partial charge in [-0.15, -0.1) is 0 Å². The lowest BCUT2D eigenvalue weighted by atomic mass is 9.81. The van der Waals surface area contributed by atoms with Gasteiger partial charge in [0.15, 0.2) is 0 Å². The third-order valence-corrected chi connectivity index (χ3v) is 4.59. The Morgan fingerprint density at radius 2 is 1.68 bits per heavy atom. The average molecular weight is 341 g/mol. The number of carboxylic acid groups (broad SMARTS) is 1. The van der Waals surface area contributed by atoms with Crippen LogP contribution in [0.2, 0.25) is 0 Å². The van der Waals surface area contributed by atoms with Gasteiger partial charge in [-0.3, -0.25) is 9.59 Å². The van der Waals surface area contributed by atoms with Gasteiger partial charge >= 0.3 is 5.97 Å². The summed E-state index contributed by atoms with van der Waals surface area (Å²) >= 11 is 0. The summed E-state index contributed by atoms with van der Waals surface area (Å²) in [5.74, 6) is -2.03. The number of primary amides is 1. The van der Waals surface area contributed by atoms with Gasteiger partial charge in [-0.2, -0.15) is 0 Å². The Morgan fingerprint density at radius 1 is 1.04 bits per heavy atom. The summed E-state index contributed by atoms with van der Waals surface area (Å²) < 4.78 is 0. The molecule has 1 radical (unpaired) electrons.